The number of benzene rings is 3. The van der Waals surface area contributed by atoms with Gasteiger partial charge in [-0.1, -0.05) is 42.5 Å². The molecule has 0 aromatic heterocycles. The molecular weight excluding hydrogens is 522 g/mol. The van der Waals surface area contributed by atoms with Crippen molar-refractivity contribution >= 4 is 17.3 Å². The van der Waals surface area contributed by atoms with Crippen LogP contribution in [0.5, 0.6) is 0 Å². The molecule has 3 aromatic carbocycles. The number of esters is 1. The molecular formula is C35H49N5O2. The lowest BCUT2D eigenvalue weighted by molar-refractivity contribution is -0.144. The van der Waals surface area contributed by atoms with Crippen molar-refractivity contribution in [3.8, 4) is 0 Å². The zero-order valence-electron chi connectivity index (χ0n) is 26.6. The van der Waals surface area contributed by atoms with Gasteiger partial charge < -0.3 is 24.3 Å². The molecule has 1 heterocycles. The third-order valence-corrected chi connectivity index (χ3v) is 8.05. The number of anilines is 2. The fourth-order valence-electron chi connectivity index (χ4n) is 5.71. The average Bonchev–Trinajstić information content (AvgIpc) is 2.95. The van der Waals surface area contributed by atoms with E-state index in [1.807, 2.05) is 6.92 Å². The summed E-state index contributed by atoms with van der Waals surface area (Å²) in [4.78, 5) is 23.5. The molecule has 0 fully saturated rings. The van der Waals surface area contributed by atoms with Crippen LogP contribution in [0.1, 0.15) is 40.7 Å². The first-order chi connectivity index (χ1) is 20.1. The maximum atomic E-state index is 12.2. The minimum absolute atomic E-state index is 0.125. The van der Waals surface area contributed by atoms with Gasteiger partial charge in [-0.05, 0) is 73.1 Å². The first kappa shape index (κ1) is 31.5. The van der Waals surface area contributed by atoms with E-state index in [0.717, 1.165) is 39.3 Å². The Morgan fingerprint density at radius 1 is 0.714 bits per heavy atom. The molecule has 0 amide bonds. The van der Waals surface area contributed by atoms with Crippen LogP contribution in [0.4, 0.5) is 11.4 Å². The molecule has 0 N–H and O–H groups in total. The molecule has 3 aromatic rings. The number of hydrogen-bond acceptors (Lipinski definition) is 7. The molecule has 0 radical (unpaired) electrons. The Kier molecular flexibility index (Phi) is 11.0. The third kappa shape index (κ3) is 8.57. The van der Waals surface area contributed by atoms with E-state index in [-0.39, 0.29) is 11.9 Å². The van der Waals surface area contributed by atoms with Crippen molar-refractivity contribution in [1.82, 2.24) is 14.7 Å². The number of rotatable bonds is 8. The summed E-state index contributed by atoms with van der Waals surface area (Å²) in [6, 6.07) is 25.2. The van der Waals surface area contributed by atoms with Gasteiger partial charge in [0.1, 0.15) is 0 Å². The summed E-state index contributed by atoms with van der Waals surface area (Å²) in [5.41, 5.74) is 8.93. The van der Waals surface area contributed by atoms with E-state index >= 15 is 0 Å². The standard InChI is InChI=1S/C35H49N5O2/c1-8-42-34(41)26-40-19-17-38(6)24-27-21-28(25-39(7)18-20-40)23-31(22-27)35(29-9-13-32(14-10-29)36(2)3)30-11-15-33(16-12-30)37(4)5/h9-16,21-23,35H,8,17-20,24-26H2,1-7H3. The average molecular weight is 572 g/mol. The first-order valence-electron chi connectivity index (χ1n) is 15.0. The Balaban J connectivity index is 1.69. The molecule has 2 bridgehead atoms. The predicted molar refractivity (Wildman–Crippen MR) is 175 cm³/mol. The molecule has 0 saturated heterocycles. The van der Waals surface area contributed by atoms with Gasteiger partial charge in [0, 0.05) is 84.8 Å². The van der Waals surface area contributed by atoms with Gasteiger partial charge >= 0.3 is 5.97 Å². The van der Waals surface area contributed by atoms with Gasteiger partial charge in [-0.2, -0.15) is 0 Å². The van der Waals surface area contributed by atoms with Crippen molar-refractivity contribution in [2.75, 3.05) is 91.4 Å². The van der Waals surface area contributed by atoms with Crippen LogP contribution in [0.25, 0.3) is 0 Å². The molecule has 7 nitrogen and oxygen atoms in total. The minimum Gasteiger partial charge on any atom is -0.465 e. The summed E-state index contributed by atoms with van der Waals surface area (Å²) in [5.74, 6) is -0.0206. The summed E-state index contributed by atoms with van der Waals surface area (Å²) < 4.78 is 5.24. The minimum atomic E-state index is -0.145. The molecule has 0 atom stereocenters. The lowest BCUT2D eigenvalue weighted by atomic mass is 9.83. The number of nitrogens with zero attached hydrogens (tertiary/aromatic N) is 5. The summed E-state index contributed by atoms with van der Waals surface area (Å²) >= 11 is 0. The molecule has 4 rings (SSSR count). The van der Waals surface area contributed by atoms with E-state index in [1.165, 1.54) is 39.2 Å². The Morgan fingerprint density at radius 2 is 1.17 bits per heavy atom. The summed E-state index contributed by atoms with van der Waals surface area (Å²) in [6.07, 6.45) is 0. The second kappa shape index (κ2) is 14.7. The molecule has 0 aliphatic carbocycles. The number of carbonyl (C=O) groups is 1. The van der Waals surface area contributed by atoms with E-state index in [0.29, 0.717) is 13.2 Å². The SMILES string of the molecule is CCOC(=O)CN1CCN(C)Cc2cc(cc(C(c3ccc(N(C)C)cc3)c3ccc(N(C)C)cc3)c2)CN(C)CC1. The highest BCUT2D eigenvalue weighted by Gasteiger charge is 2.21. The van der Waals surface area contributed by atoms with Crippen LogP contribution in [-0.2, 0) is 22.6 Å². The summed E-state index contributed by atoms with van der Waals surface area (Å²) in [7, 11) is 12.7. The van der Waals surface area contributed by atoms with Gasteiger partial charge in [-0.25, -0.2) is 0 Å². The fourth-order valence-corrected chi connectivity index (χ4v) is 5.71. The van der Waals surface area contributed by atoms with Crippen molar-refractivity contribution in [3.63, 3.8) is 0 Å². The molecule has 0 saturated carbocycles. The molecule has 1 aliphatic rings. The van der Waals surface area contributed by atoms with E-state index in [2.05, 4.69) is 134 Å². The molecule has 1 aliphatic heterocycles. The van der Waals surface area contributed by atoms with Crippen LogP contribution >= 0.6 is 0 Å². The van der Waals surface area contributed by atoms with Gasteiger partial charge in [0.2, 0.25) is 0 Å². The highest BCUT2D eigenvalue weighted by Crippen LogP contribution is 2.35. The van der Waals surface area contributed by atoms with Crippen molar-refractivity contribution in [3.05, 3.63) is 94.5 Å². The van der Waals surface area contributed by atoms with Crippen LogP contribution in [0.15, 0.2) is 66.7 Å². The third-order valence-electron chi connectivity index (χ3n) is 8.05. The Labute approximate surface area is 253 Å². The van der Waals surface area contributed by atoms with Crippen LogP contribution in [0.3, 0.4) is 0 Å². The first-order valence-corrected chi connectivity index (χ1v) is 15.0. The molecule has 226 valence electrons. The Morgan fingerprint density at radius 3 is 1.57 bits per heavy atom. The van der Waals surface area contributed by atoms with E-state index in [1.54, 1.807) is 0 Å². The lowest BCUT2D eigenvalue weighted by Crippen LogP contribution is -2.41. The number of ether oxygens (including phenoxy) is 1. The topological polar surface area (TPSA) is 42.5 Å². The van der Waals surface area contributed by atoms with Crippen LogP contribution in [0, 0.1) is 0 Å². The monoisotopic (exact) mass is 571 g/mol. The van der Waals surface area contributed by atoms with Crippen molar-refractivity contribution in [2.45, 2.75) is 25.9 Å². The van der Waals surface area contributed by atoms with Crippen LogP contribution in [-0.4, -0.2) is 102 Å². The Hall–Kier alpha value is -3.39. The zero-order chi connectivity index (χ0) is 30.2. The van der Waals surface area contributed by atoms with E-state index in [4.69, 9.17) is 4.74 Å². The second-order valence-corrected chi connectivity index (χ2v) is 12.0. The van der Waals surface area contributed by atoms with Gasteiger partial charge in [-0.15, -0.1) is 0 Å². The van der Waals surface area contributed by atoms with Gasteiger partial charge in [0.05, 0.1) is 13.2 Å². The second-order valence-electron chi connectivity index (χ2n) is 12.0. The summed E-state index contributed by atoms with van der Waals surface area (Å²) in [5, 5.41) is 0. The predicted octanol–water partition coefficient (Wildman–Crippen LogP) is 4.74. The van der Waals surface area contributed by atoms with Crippen molar-refractivity contribution < 1.29 is 9.53 Å². The maximum Gasteiger partial charge on any atom is 0.320 e. The lowest BCUT2D eigenvalue weighted by Gasteiger charge is -2.29. The highest BCUT2D eigenvalue weighted by atomic mass is 16.5. The Bertz CT molecular complexity index is 1200. The van der Waals surface area contributed by atoms with E-state index < -0.39 is 0 Å². The van der Waals surface area contributed by atoms with Gasteiger partial charge in [-0.3, -0.25) is 9.69 Å². The largest absolute Gasteiger partial charge is 0.465 e. The normalized spacial score (nSPS) is 15.6. The van der Waals surface area contributed by atoms with E-state index in [9.17, 15) is 4.79 Å². The van der Waals surface area contributed by atoms with Gasteiger partial charge in [0.25, 0.3) is 0 Å². The molecule has 7 heteroatoms. The number of carbonyl (C=O) groups excluding carboxylic acids is 1. The maximum absolute atomic E-state index is 12.2. The molecule has 42 heavy (non-hydrogen) atoms. The summed E-state index contributed by atoms with van der Waals surface area (Å²) in [6.45, 7) is 7.74. The quantitative estimate of drug-likeness (QED) is 0.286. The van der Waals surface area contributed by atoms with Crippen molar-refractivity contribution in [1.29, 1.82) is 0 Å². The number of hydrogen-bond donors (Lipinski definition) is 0. The molecule has 0 unspecified atom stereocenters. The zero-order valence-corrected chi connectivity index (χ0v) is 26.6. The van der Waals surface area contributed by atoms with Crippen LogP contribution in [0.2, 0.25) is 0 Å². The highest BCUT2D eigenvalue weighted by molar-refractivity contribution is 5.71. The fraction of sp³-hybridized carbons (Fsp3) is 0.457. The molecule has 0 spiro atoms. The number of fused-ring (bicyclic) bond motifs is 2. The van der Waals surface area contributed by atoms with Gasteiger partial charge in [0.15, 0.2) is 0 Å². The van der Waals surface area contributed by atoms with Crippen molar-refractivity contribution in [2.24, 2.45) is 0 Å². The smallest absolute Gasteiger partial charge is 0.320 e. The number of likely N-dealkylation sites (N-methyl/N-ethyl adjacent to an activating group) is 2. The van der Waals surface area contributed by atoms with Crippen LogP contribution < -0.4 is 9.80 Å².